The van der Waals surface area contributed by atoms with Crippen LogP contribution in [-0.2, 0) is 0 Å². The maximum absolute atomic E-state index is 10.4. The Kier molecular flexibility index (Phi) is 7.63. The van der Waals surface area contributed by atoms with Gasteiger partial charge in [-0.05, 0) is 38.8 Å². The van der Waals surface area contributed by atoms with Gasteiger partial charge in [0, 0.05) is 13.1 Å². The Bertz CT molecular complexity index is 180. The second kappa shape index (κ2) is 8.84. The van der Waals surface area contributed by atoms with Gasteiger partial charge in [0.25, 0.3) is 5.24 Å². The van der Waals surface area contributed by atoms with Gasteiger partial charge in [0.2, 0.25) is 0 Å². The minimum Gasteiger partial charge on any atom is -0.317 e. The van der Waals surface area contributed by atoms with Crippen LogP contribution in [0.1, 0.15) is 38.5 Å². The number of carbonyl (C=O) groups is 1. The topological polar surface area (TPSA) is 44.4 Å². The van der Waals surface area contributed by atoms with E-state index in [1.54, 1.807) is 0 Å². The first-order chi connectivity index (χ1) is 7.79. The van der Waals surface area contributed by atoms with Crippen LogP contribution < -0.4 is 10.7 Å². The molecule has 2 heterocycles. The molecule has 1 amide bonds. The number of amides is 1. The SMILES string of the molecule is C1CCNCC1.O=C(S)NN1CCCCC1. The normalized spacial score (nSPS) is 21.8. The summed E-state index contributed by atoms with van der Waals surface area (Å²) in [6, 6.07) is 0. The highest BCUT2D eigenvalue weighted by atomic mass is 32.1. The second-order valence-electron chi connectivity index (χ2n) is 4.28. The molecule has 0 spiro atoms. The summed E-state index contributed by atoms with van der Waals surface area (Å²) in [4.78, 5) is 10.4. The molecule has 4 nitrogen and oxygen atoms in total. The van der Waals surface area contributed by atoms with Gasteiger partial charge in [-0.3, -0.25) is 10.2 Å². The largest absolute Gasteiger partial charge is 0.317 e. The van der Waals surface area contributed by atoms with Gasteiger partial charge in [0.1, 0.15) is 0 Å². The predicted octanol–water partition coefficient (Wildman–Crippen LogP) is 1.79. The highest BCUT2D eigenvalue weighted by Crippen LogP contribution is 2.05. The van der Waals surface area contributed by atoms with Gasteiger partial charge in [-0.2, -0.15) is 0 Å². The summed E-state index contributed by atoms with van der Waals surface area (Å²) in [6.07, 6.45) is 7.84. The van der Waals surface area contributed by atoms with Gasteiger partial charge >= 0.3 is 0 Å². The summed E-state index contributed by atoms with van der Waals surface area (Å²) in [6.45, 7) is 4.43. The molecule has 2 aliphatic heterocycles. The molecule has 0 saturated carbocycles. The van der Waals surface area contributed by atoms with E-state index in [9.17, 15) is 4.79 Å². The van der Waals surface area contributed by atoms with E-state index in [-0.39, 0.29) is 5.24 Å². The van der Waals surface area contributed by atoms with Crippen LogP contribution in [0.25, 0.3) is 0 Å². The molecule has 0 unspecified atom stereocenters. The molecule has 0 aromatic heterocycles. The Morgan fingerprint density at radius 3 is 1.94 bits per heavy atom. The van der Waals surface area contributed by atoms with Crippen LogP contribution in [0.15, 0.2) is 0 Å². The third kappa shape index (κ3) is 7.09. The number of rotatable bonds is 1. The molecular weight excluding hydrogens is 222 g/mol. The van der Waals surface area contributed by atoms with E-state index in [1.807, 2.05) is 5.01 Å². The van der Waals surface area contributed by atoms with Crippen molar-refractivity contribution in [2.75, 3.05) is 26.2 Å². The zero-order valence-corrected chi connectivity index (χ0v) is 10.8. The van der Waals surface area contributed by atoms with Crippen molar-refractivity contribution in [3.05, 3.63) is 0 Å². The van der Waals surface area contributed by atoms with Crippen LogP contribution in [0.5, 0.6) is 0 Å². The first kappa shape index (κ1) is 13.8. The molecule has 2 rings (SSSR count). The van der Waals surface area contributed by atoms with Crippen LogP contribution in [0.4, 0.5) is 4.79 Å². The number of carbonyl (C=O) groups excluding carboxylic acids is 1. The van der Waals surface area contributed by atoms with E-state index in [2.05, 4.69) is 23.4 Å². The summed E-state index contributed by atoms with van der Waals surface area (Å²) >= 11 is 3.62. The zero-order valence-electron chi connectivity index (χ0n) is 9.87. The lowest BCUT2D eigenvalue weighted by Crippen LogP contribution is -2.42. The van der Waals surface area contributed by atoms with E-state index >= 15 is 0 Å². The van der Waals surface area contributed by atoms with E-state index in [0.29, 0.717) is 0 Å². The van der Waals surface area contributed by atoms with Crippen molar-refractivity contribution in [1.29, 1.82) is 0 Å². The van der Waals surface area contributed by atoms with Crippen molar-refractivity contribution in [1.82, 2.24) is 15.8 Å². The number of hydrogen-bond donors (Lipinski definition) is 3. The summed E-state index contributed by atoms with van der Waals surface area (Å²) in [5, 5.41) is 4.94. The zero-order chi connectivity index (χ0) is 11.6. The molecule has 0 atom stereocenters. The van der Waals surface area contributed by atoms with Crippen molar-refractivity contribution < 1.29 is 4.79 Å². The van der Waals surface area contributed by atoms with Crippen molar-refractivity contribution in [3.63, 3.8) is 0 Å². The molecule has 0 aliphatic carbocycles. The molecule has 2 saturated heterocycles. The number of nitrogens with zero attached hydrogens (tertiary/aromatic N) is 1. The van der Waals surface area contributed by atoms with E-state index in [0.717, 1.165) is 13.1 Å². The predicted molar refractivity (Wildman–Crippen MR) is 69.7 cm³/mol. The molecule has 2 N–H and O–H groups in total. The van der Waals surface area contributed by atoms with Gasteiger partial charge < -0.3 is 5.32 Å². The number of nitrogens with one attached hydrogen (secondary N) is 2. The minimum absolute atomic E-state index is 0.262. The fraction of sp³-hybridized carbons (Fsp3) is 0.909. The quantitative estimate of drug-likeness (QED) is 0.617. The maximum atomic E-state index is 10.4. The summed E-state index contributed by atoms with van der Waals surface area (Å²) in [7, 11) is 0. The van der Waals surface area contributed by atoms with Crippen molar-refractivity contribution in [2.24, 2.45) is 0 Å². The Labute approximate surface area is 104 Å². The summed E-state index contributed by atoms with van der Waals surface area (Å²) in [5.41, 5.74) is 2.64. The monoisotopic (exact) mass is 245 g/mol. The molecule has 2 fully saturated rings. The fourth-order valence-electron chi connectivity index (χ4n) is 1.94. The van der Waals surface area contributed by atoms with Crippen LogP contribution in [0.2, 0.25) is 0 Å². The highest BCUT2D eigenvalue weighted by Gasteiger charge is 2.09. The maximum Gasteiger partial charge on any atom is 0.290 e. The number of hydrogen-bond acceptors (Lipinski definition) is 3. The Balaban J connectivity index is 0.000000181. The van der Waals surface area contributed by atoms with Crippen LogP contribution in [-0.4, -0.2) is 36.4 Å². The third-order valence-electron chi connectivity index (χ3n) is 2.82. The molecule has 0 bridgehead atoms. The van der Waals surface area contributed by atoms with Crippen molar-refractivity contribution in [3.8, 4) is 0 Å². The van der Waals surface area contributed by atoms with Gasteiger partial charge in [-0.1, -0.05) is 25.5 Å². The molecule has 2 aliphatic rings. The number of thiol groups is 1. The highest BCUT2D eigenvalue weighted by molar-refractivity contribution is 7.96. The lowest BCUT2D eigenvalue weighted by atomic mass is 10.2. The molecule has 0 aromatic carbocycles. The lowest BCUT2D eigenvalue weighted by Gasteiger charge is -2.25. The van der Waals surface area contributed by atoms with Gasteiger partial charge in [0.05, 0.1) is 0 Å². The van der Waals surface area contributed by atoms with Gasteiger partial charge in [-0.15, -0.1) is 0 Å². The second-order valence-corrected chi connectivity index (χ2v) is 4.68. The fourth-order valence-corrected chi connectivity index (χ4v) is 2.08. The van der Waals surface area contributed by atoms with Gasteiger partial charge in [0.15, 0.2) is 0 Å². The van der Waals surface area contributed by atoms with Gasteiger partial charge in [-0.25, -0.2) is 5.01 Å². The van der Waals surface area contributed by atoms with Crippen molar-refractivity contribution >= 4 is 17.9 Å². The molecule has 94 valence electrons. The number of piperidine rings is 2. The molecule has 5 heteroatoms. The average Bonchev–Trinajstić information content (AvgIpc) is 2.32. The van der Waals surface area contributed by atoms with Crippen molar-refractivity contribution in [2.45, 2.75) is 38.5 Å². The Morgan fingerprint density at radius 2 is 1.56 bits per heavy atom. The summed E-state index contributed by atoms with van der Waals surface area (Å²) in [5.74, 6) is 0. The van der Waals surface area contributed by atoms with Crippen LogP contribution in [0.3, 0.4) is 0 Å². The summed E-state index contributed by atoms with van der Waals surface area (Å²) < 4.78 is 0. The Morgan fingerprint density at radius 1 is 1.00 bits per heavy atom. The first-order valence-electron chi connectivity index (χ1n) is 6.24. The molecule has 0 aromatic rings. The van der Waals surface area contributed by atoms with E-state index < -0.39 is 0 Å². The molecular formula is C11H23N3OS. The average molecular weight is 245 g/mol. The Hall–Kier alpha value is -0.260. The number of hydrazine groups is 1. The third-order valence-corrected chi connectivity index (χ3v) is 2.92. The van der Waals surface area contributed by atoms with E-state index in [1.165, 1.54) is 51.6 Å². The molecule has 16 heavy (non-hydrogen) atoms. The smallest absolute Gasteiger partial charge is 0.290 e. The lowest BCUT2D eigenvalue weighted by molar-refractivity contribution is 0.168. The van der Waals surface area contributed by atoms with Crippen LogP contribution >= 0.6 is 12.6 Å². The van der Waals surface area contributed by atoms with E-state index in [4.69, 9.17) is 0 Å². The van der Waals surface area contributed by atoms with Crippen LogP contribution in [0, 0.1) is 0 Å². The standard InChI is InChI=1S/C6H12N2OS.C5H11N/c9-6(10)7-8-4-2-1-3-5-8;1-2-4-6-5-3-1/h1-5H2,(H2,7,9,10);6H,1-5H2. The first-order valence-corrected chi connectivity index (χ1v) is 6.69. The minimum atomic E-state index is -0.262. The molecule has 0 radical (unpaired) electrons.